The number of benzene rings is 2. The van der Waals surface area contributed by atoms with E-state index in [1.54, 1.807) is 19.1 Å². The zero-order chi connectivity index (χ0) is 17.8. The summed E-state index contributed by atoms with van der Waals surface area (Å²) in [5, 5.41) is 13.9. The molecule has 2 aromatic rings. The van der Waals surface area contributed by atoms with Crippen LogP contribution in [-0.2, 0) is 14.3 Å². The highest BCUT2D eigenvalue weighted by Gasteiger charge is 2.37. The summed E-state index contributed by atoms with van der Waals surface area (Å²) in [5.41, 5.74) is 2.00. The summed E-state index contributed by atoms with van der Waals surface area (Å²) >= 11 is 0. The van der Waals surface area contributed by atoms with Gasteiger partial charge >= 0.3 is 5.97 Å². The standard InChI is InChI=1S/C19H20N2O4/c1-2-25-16(22)12-21-15-11-7-6-10-14(15)20-17(18(23)19(21)24)13-8-4-3-5-9-13/h3-11,17-18,20,23H,2,12H2,1H3. The molecule has 1 aliphatic heterocycles. The van der Waals surface area contributed by atoms with Crippen LogP contribution >= 0.6 is 0 Å². The van der Waals surface area contributed by atoms with Crippen molar-refractivity contribution < 1.29 is 19.4 Å². The van der Waals surface area contributed by atoms with E-state index in [0.29, 0.717) is 11.4 Å². The normalized spacial score (nSPS) is 19.6. The number of fused-ring (bicyclic) bond motifs is 1. The molecule has 0 radical (unpaired) electrons. The maximum atomic E-state index is 12.9. The zero-order valence-electron chi connectivity index (χ0n) is 13.9. The highest BCUT2D eigenvalue weighted by molar-refractivity contribution is 6.04. The van der Waals surface area contributed by atoms with Crippen molar-refractivity contribution in [2.75, 3.05) is 23.4 Å². The van der Waals surface area contributed by atoms with Crippen LogP contribution in [0.2, 0.25) is 0 Å². The number of aliphatic hydroxyl groups excluding tert-OH is 1. The van der Waals surface area contributed by atoms with Crippen molar-refractivity contribution in [2.24, 2.45) is 0 Å². The number of hydrogen-bond donors (Lipinski definition) is 2. The van der Waals surface area contributed by atoms with Gasteiger partial charge in [-0.05, 0) is 24.6 Å². The fourth-order valence-corrected chi connectivity index (χ4v) is 2.92. The number of rotatable bonds is 4. The maximum absolute atomic E-state index is 12.9. The topological polar surface area (TPSA) is 78.9 Å². The van der Waals surface area contributed by atoms with E-state index in [0.717, 1.165) is 5.56 Å². The molecule has 0 aliphatic carbocycles. The fourth-order valence-electron chi connectivity index (χ4n) is 2.92. The van der Waals surface area contributed by atoms with Crippen LogP contribution in [0.15, 0.2) is 54.6 Å². The predicted octanol–water partition coefficient (Wildman–Crippen LogP) is 2.11. The first-order valence-corrected chi connectivity index (χ1v) is 8.17. The molecule has 2 unspecified atom stereocenters. The minimum atomic E-state index is -1.33. The molecule has 0 fully saturated rings. The van der Waals surface area contributed by atoms with Gasteiger partial charge in [-0.15, -0.1) is 0 Å². The molecule has 0 spiro atoms. The Morgan fingerprint density at radius 3 is 2.56 bits per heavy atom. The third-order valence-electron chi connectivity index (χ3n) is 4.09. The van der Waals surface area contributed by atoms with Gasteiger partial charge in [-0.3, -0.25) is 14.5 Å². The molecule has 2 atom stereocenters. The molecule has 6 nitrogen and oxygen atoms in total. The van der Waals surface area contributed by atoms with Crippen LogP contribution in [0.4, 0.5) is 11.4 Å². The number of nitrogens with zero attached hydrogens (tertiary/aromatic N) is 1. The van der Waals surface area contributed by atoms with Crippen molar-refractivity contribution >= 4 is 23.3 Å². The third kappa shape index (κ3) is 3.49. The smallest absolute Gasteiger partial charge is 0.326 e. The molecular formula is C19H20N2O4. The van der Waals surface area contributed by atoms with Gasteiger partial charge in [0.05, 0.1) is 24.0 Å². The van der Waals surface area contributed by atoms with Gasteiger partial charge in [-0.2, -0.15) is 0 Å². The highest BCUT2D eigenvalue weighted by atomic mass is 16.5. The molecule has 3 rings (SSSR count). The average Bonchev–Trinajstić information content (AvgIpc) is 2.73. The first-order chi connectivity index (χ1) is 12.1. The molecule has 2 aromatic carbocycles. The van der Waals surface area contributed by atoms with Gasteiger partial charge in [0.15, 0.2) is 6.10 Å². The second-order valence-corrected chi connectivity index (χ2v) is 5.72. The van der Waals surface area contributed by atoms with Crippen LogP contribution in [-0.4, -0.2) is 36.2 Å². The van der Waals surface area contributed by atoms with E-state index in [1.165, 1.54) is 4.90 Å². The number of aliphatic hydroxyl groups is 1. The van der Waals surface area contributed by atoms with Crippen molar-refractivity contribution in [1.82, 2.24) is 0 Å². The molecule has 6 heteroatoms. The van der Waals surface area contributed by atoms with E-state index in [1.807, 2.05) is 42.5 Å². The van der Waals surface area contributed by atoms with Crippen molar-refractivity contribution in [3.8, 4) is 0 Å². The first-order valence-electron chi connectivity index (χ1n) is 8.17. The molecule has 0 saturated heterocycles. The molecule has 1 heterocycles. The van der Waals surface area contributed by atoms with Crippen LogP contribution < -0.4 is 10.2 Å². The number of nitrogens with one attached hydrogen (secondary N) is 1. The summed E-state index contributed by atoms with van der Waals surface area (Å²) in [5.74, 6) is -1.06. The number of carbonyl (C=O) groups excluding carboxylic acids is 2. The maximum Gasteiger partial charge on any atom is 0.326 e. The Balaban J connectivity index is 2.00. The van der Waals surface area contributed by atoms with E-state index >= 15 is 0 Å². The average molecular weight is 340 g/mol. The SMILES string of the molecule is CCOC(=O)CN1C(=O)C(O)C(c2ccccc2)Nc2ccccc21. The lowest BCUT2D eigenvalue weighted by molar-refractivity contribution is -0.143. The summed E-state index contributed by atoms with van der Waals surface area (Å²) in [6.07, 6.45) is -1.33. The Bertz CT molecular complexity index is 763. The van der Waals surface area contributed by atoms with Crippen LogP contribution in [0.5, 0.6) is 0 Å². The minimum absolute atomic E-state index is 0.232. The predicted molar refractivity (Wildman–Crippen MR) is 94.2 cm³/mol. The molecule has 25 heavy (non-hydrogen) atoms. The van der Waals surface area contributed by atoms with E-state index in [2.05, 4.69) is 5.32 Å². The fraction of sp³-hybridized carbons (Fsp3) is 0.263. The summed E-state index contributed by atoms with van der Waals surface area (Å²) in [6, 6.07) is 15.8. The third-order valence-corrected chi connectivity index (χ3v) is 4.09. The van der Waals surface area contributed by atoms with Crippen LogP contribution in [0, 0.1) is 0 Å². The summed E-state index contributed by atoms with van der Waals surface area (Å²) in [7, 11) is 0. The number of anilines is 2. The van der Waals surface area contributed by atoms with Gasteiger partial charge in [0, 0.05) is 0 Å². The first kappa shape index (κ1) is 17.0. The molecule has 1 aliphatic rings. The number of ether oxygens (including phenoxy) is 1. The van der Waals surface area contributed by atoms with Crippen molar-refractivity contribution in [3.63, 3.8) is 0 Å². The van der Waals surface area contributed by atoms with E-state index in [9.17, 15) is 14.7 Å². The number of para-hydroxylation sites is 2. The van der Waals surface area contributed by atoms with E-state index < -0.39 is 24.0 Å². The minimum Gasteiger partial charge on any atom is -0.465 e. The Kier molecular flexibility index (Phi) is 5.00. The number of hydrogen-bond acceptors (Lipinski definition) is 5. The summed E-state index contributed by atoms with van der Waals surface area (Å²) in [6.45, 7) is 1.69. The van der Waals surface area contributed by atoms with E-state index in [4.69, 9.17) is 4.74 Å². The second kappa shape index (κ2) is 7.36. The van der Waals surface area contributed by atoms with Gasteiger partial charge < -0.3 is 15.2 Å². The lowest BCUT2D eigenvalue weighted by atomic mass is 10.0. The molecule has 130 valence electrons. The lowest BCUT2D eigenvalue weighted by Crippen LogP contribution is -2.44. The van der Waals surface area contributed by atoms with Crippen LogP contribution in [0.1, 0.15) is 18.5 Å². The molecule has 0 bridgehead atoms. The zero-order valence-corrected chi connectivity index (χ0v) is 13.9. The molecular weight excluding hydrogens is 320 g/mol. The Morgan fingerprint density at radius 2 is 1.84 bits per heavy atom. The van der Waals surface area contributed by atoms with Crippen molar-refractivity contribution in [1.29, 1.82) is 0 Å². The molecule has 0 aromatic heterocycles. The molecule has 2 N–H and O–H groups in total. The van der Waals surface area contributed by atoms with Crippen LogP contribution in [0.3, 0.4) is 0 Å². The Morgan fingerprint density at radius 1 is 1.16 bits per heavy atom. The van der Waals surface area contributed by atoms with Gasteiger partial charge in [0.2, 0.25) is 0 Å². The Hall–Kier alpha value is -2.86. The van der Waals surface area contributed by atoms with E-state index in [-0.39, 0.29) is 13.2 Å². The lowest BCUT2D eigenvalue weighted by Gasteiger charge is -2.24. The van der Waals surface area contributed by atoms with Crippen molar-refractivity contribution in [3.05, 3.63) is 60.2 Å². The summed E-state index contributed by atoms with van der Waals surface area (Å²) in [4.78, 5) is 26.1. The number of carbonyl (C=O) groups is 2. The van der Waals surface area contributed by atoms with Gasteiger partial charge in [0.25, 0.3) is 5.91 Å². The number of esters is 1. The second-order valence-electron chi connectivity index (χ2n) is 5.72. The van der Waals surface area contributed by atoms with Gasteiger partial charge in [0.1, 0.15) is 6.54 Å². The molecule has 0 saturated carbocycles. The van der Waals surface area contributed by atoms with Gasteiger partial charge in [-0.1, -0.05) is 42.5 Å². The quantitative estimate of drug-likeness (QED) is 0.834. The largest absolute Gasteiger partial charge is 0.465 e. The number of amides is 1. The molecule has 1 amide bonds. The monoisotopic (exact) mass is 340 g/mol. The Labute approximate surface area is 146 Å². The van der Waals surface area contributed by atoms with Crippen molar-refractivity contribution in [2.45, 2.75) is 19.1 Å². The summed E-state index contributed by atoms with van der Waals surface area (Å²) < 4.78 is 4.96. The highest BCUT2D eigenvalue weighted by Crippen LogP contribution is 2.35. The van der Waals surface area contributed by atoms with Gasteiger partial charge in [-0.25, -0.2) is 0 Å². The van der Waals surface area contributed by atoms with Crippen LogP contribution in [0.25, 0.3) is 0 Å².